The second-order valence-corrected chi connectivity index (χ2v) is 5.94. The van der Waals surface area contributed by atoms with Gasteiger partial charge in [0.15, 0.2) is 6.34 Å². The maximum atomic E-state index is 6.51. The number of hydrogen-bond donors (Lipinski definition) is 0. The van der Waals surface area contributed by atoms with Crippen molar-refractivity contribution < 1.29 is 0 Å². The first kappa shape index (κ1) is 15.1. The first-order valence-corrected chi connectivity index (χ1v) is 7.45. The van der Waals surface area contributed by atoms with Crippen molar-refractivity contribution in [3.05, 3.63) is 45.2 Å². The van der Waals surface area contributed by atoms with Crippen molar-refractivity contribution in [1.82, 2.24) is 14.6 Å². The van der Waals surface area contributed by atoms with E-state index in [1.54, 1.807) is 12.4 Å². The Morgan fingerprint density at radius 3 is 2.27 bits per heavy atom. The molecule has 112 valence electrons. The monoisotopic (exact) mass is 334 g/mol. The predicted octanol–water partition coefficient (Wildman–Crippen LogP) is 4.33. The van der Waals surface area contributed by atoms with E-state index in [4.69, 9.17) is 23.2 Å². The maximum absolute atomic E-state index is 6.51. The van der Waals surface area contributed by atoms with Crippen molar-refractivity contribution in [2.24, 2.45) is 10.1 Å². The predicted molar refractivity (Wildman–Crippen MR) is 91.1 cm³/mol. The van der Waals surface area contributed by atoms with Crippen LogP contribution < -0.4 is 4.59 Å². The number of aromatic nitrogens is 2. The van der Waals surface area contributed by atoms with Gasteiger partial charge in [0.25, 0.3) is 0 Å². The highest BCUT2D eigenvalue weighted by Crippen LogP contribution is 2.44. The van der Waals surface area contributed by atoms with Crippen molar-refractivity contribution in [2.45, 2.75) is 20.8 Å². The smallest absolute Gasteiger partial charge is 0.183 e. The van der Waals surface area contributed by atoms with Crippen LogP contribution in [0.5, 0.6) is 0 Å². The van der Waals surface area contributed by atoms with Crippen LogP contribution in [0.2, 0.25) is 10.0 Å². The summed E-state index contributed by atoms with van der Waals surface area (Å²) in [6.45, 7) is 5.73. The second kappa shape index (κ2) is 5.43. The van der Waals surface area contributed by atoms with Gasteiger partial charge >= 0.3 is 5.95 Å². The van der Waals surface area contributed by atoms with E-state index in [2.05, 4.69) is 20.1 Å². The summed E-state index contributed by atoms with van der Waals surface area (Å²) < 4.78 is -0.165. The molecule has 0 spiro atoms. The number of nitrogens with zero attached hydrogens (tertiary/aromatic N) is 5. The van der Waals surface area contributed by atoms with Crippen molar-refractivity contribution >= 4 is 47.5 Å². The Morgan fingerprint density at radius 1 is 1.00 bits per heavy atom. The molecule has 0 bridgehead atoms. The van der Waals surface area contributed by atoms with Crippen molar-refractivity contribution in [1.29, 1.82) is 0 Å². The van der Waals surface area contributed by atoms with E-state index in [0.29, 0.717) is 21.7 Å². The molecule has 0 fully saturated rings. The van der Waals surface area contributed by atoms with Gasteiger partial charge in [-0.1, -0.05) is 33.9 Å². The summed E-state index contributed by atoms with van der Waals surface area (Å²) in [6, 6.07) is 5.56. The van der Waals surface area contributed by atoms with Gasteiger partial charge in [0.2, 0.25) is 12.0 Å². The molecule has 7 heteroatoms. The van der Waals surface area contributed by atoms with Gasteiger partial charge in [0.05, 0.1) is 0 Å². The first-order chi connectivity index (χ1) is 10.4. The van der Waals surface area contributed by atoms with Crippen LogP contribution in [0.25, 0.3) is 0 Å². The third-order valence-corrected chi connectivity index (χ3v) is 4.19. The standard InChI is InChI=1S/C15H14Cl2N5/c1-9-4-5-12(16)14(13(9)17)22(8-18-7-19-22)15-20-10(2)6-11(3)21-15/h4-8H,1-3H3/q+1. The number of aryl methyl sites for hydroxylation is 3. The molecule has 1 atom stereocenters. The Hall–Kier alpha value is -1.82. The molecule has 0 saturated carbocycles. The number of quaternary nitrogens is 1. The molecule has 0 amide bonds. The lowest BCUT2D eigenvalue weighted by Crippen LogP contribution is -2.37. The Morgan fingerprint density at radius 2 is 1.68 bits per heavy atom. The molecule has 0 aliphatic carbocycles. The zero-order valence-electron chi connectivity index (χ0n) is 12.4. The average molecular weight is 335 g/mol. The quantitative estimate of drug-likeness (QED) is 0.767. The van der Waals surface area contributed by atoms with E-state index >= 15 is 0 Å². The van der Waals surface area contributed by atoms with Crippen LogP contribution in [0.3, 0.4) is 0 Å². The zero-order chi connectivity index (χ0) is 15.9. The summed E-state index contributed by atoms with van der Waals surface area (Å²) in [7, 11) is 0. The van der Waals surface area contributed by atoms with E-state index < -0.39 is 0 Å². The fourth-order valence-corrected chi connectivity index (χ4v) is 3.03. The molecule has 3 rings (SSSR count). The summed E-state index contributed by atoms with van der Waals surface area (Å²) in [6.07, 6.45) is 3.08. The lowest BCUT2D eigenvalue weighted by molar-refractivity contribution is 0.581. The van der Waals surface area contributed by atoms with Crippen LogP contribution in [0, 0.1) is 20.8 Å². The van der Waals surface area contributed by atoms with Crippen LogP contribution in [-0.4, -0.2) is 22.6 Å². The van der Waals surface area contributed by atoms with Crippen LogP contribution in [0.4, 0.5) is 11.6 Å². The van der Waals surface area contributed by atoms with E-state index in [0.717, 1.165) is 17.0 Å². The molecule has 1 aliphatic heterocycles. The minimum atomic E-state index is -0.165. The molecule has 1 unspecified atom stereocenters. The zero-order valence-corrected chi connectivity index (χ0v) is 13.9. The van der Waals surface area contributed by atoms with Crippen LogP contribution in [-0.2, 0) is 0 Å². The van der Waals surface area contributed by atoms with Crippen molar-refractivity contribution in [2.75, 3.05) is 0 Å². The van der Waals surface area contributed by atoms with E-state index in [1.165, 1.54) is 6.34 Å². The minimum Gasteiger partial charge on any atom is -0.183 e. The van der Waals surface area contributed by atoms with Gasteiger partial charge in [0, 0.05) is 11.4 Å². The Balaban J connectivity index is 2.34. The molecule has 2 aromatic rings. The molecule has 1 aromatic carbocycles. The molecular formula is C15H14Cl2N5+. The molecular weight excluding hydrogens is 321 g/mol. The van der Waals surface area contributed by atoms with Crippen LogP contribution in [0.15, 0.2) is 28.3 Å². The summed E-state index contributed by atoms with van der Waals surface area (Å²) >= 11 is 12.9. The van der Waals surface area contributed by atoms with Crippen molar-refractivity contribution in [3.8, 4) is 0 Å². The second-order valence-electron chi connectivity index (χ2n) is 5.16. The molecule has 1 aliphatic rings. The highest BCUT2D eigenvalue weighted by atomic mass is 35.5. The molecule has 1 aromatic heterocycles. The van der Waals surface area contributed by atoms with E-state index in [-0.39, 0.29) is 4.59 Å². The first-order valence-electron chi connectivity index (χ1n) is 6.69. The Kier molecular flexibility index (Phi) is 3.72. The molecule has 0 saturated heterocycles. The van der Waals surface area contributed by atoms with Gasteiger partial charge in [0.1, 0.15) is 10.0 Å². The van der Waals surface area contributed by atoms with E-state index in [9.17, 15) is 0 Å². The average Bonchev–Trinajstić information content (AvgIpc) is 2.93. The van der Waals surface area contributed by atoms with Gasteiger partial charge < -0.3 is 0 Å². The number of halogens is 2. The Labute approximate surface area is 138 Å². The lowest BCUT2D eigenvalue weighted by Gasteiger charge is -2.23. The molecule has 0 N–H and O–H groups in total. The number of aliphatic imine (C=N–C) groups is 1. The van der Waals surface area contributed by atoms with Gasteiger partial charge in [-0.2, -0.15) is 15.0 Å². The SMILES string of the molecule is Cc1cc(C)nc([N+]2(c3c(Cl)ccc(C)c3Cl)C=NC=N2)n1. The summed E-state index contributed by atoms with van der Waals surface area (Å²) in [5.41, 5.74) is 3.19. The number of benzene rings is 1. The minimum absolute atomic E-state index is 0.165. The fraction of sp³-hybridized carbons (Fsp3) is 0.200. The van der Waals surface area contributed by atoms with Crippen LogP contribution >= 0.6 is 23.2 Å². The third-order valence-electron chi connectivity index (χ3n) is 3.41. The Bertz CT molecular complexity index is 782. The third kappa shape index (κ3) is 2.31. The van der Waals surface area contributed by atoms with Gasteiger partial charge in [-0.25, -0.2) is 0 Å². The highest BCUT2D eigenvalue weighted by Gasteiger charge is 2.43. The molecule has 0 radical (unpaired) electrons. The van der Waals surface area contributed by atoms with Crippen molar-refractivity contribution in [3.63, 3.8) is 0 Å². The maximum Gasteiger partial charge on any atom is 0.368 e. The highest BCUT2D eigenvalue weighted by molar-refractivity contribution is 6.40. The number of hydrogen-bond acceptors (Lipinski definition) is 4. The number of rotatable bonds is 2. The molecule has 5 nitrogen and oxygen atoms in total. The molecule has 22 heavy (non-hydrogen) atoms. The largest absolute Gasteiger partial charge is 0.368 e. The van der Waals surface area contributed by atoms with E-state index in [1.807, 2.05) is 32.9 Å². The molecule has 2 heterocycles. The topological polar surface area (TPSA) is 50.5 Å². The fourth-order valence-electron chi connectivity index (χ4n) is 2.40. The normalized spacial score (nSPS) is 19.9. The summed E-state index contributed by atoms with van der Waals surface area (Å²) in [5.74, 6) is 0.462. The van der Waals surface area contributed by atoms with Crippen LogP contribution in [0.1, 0.15) is 17.0 Å². The van der Waals surface area contributed by atoms with Gasteiger partial charge in [-0.3, -0.25) is 0 Å². The van der Waals surface area contributed by atoms with Gasteiger partial charge in [-0.05, 0) is 43.6 Å². The summed E-state index contributed by atoms with van der Waals surface area (Å²) in [4.78, 5) is 13.1. The summed E-state index contributed by atoms with van der Waals surface area (Å²) in [5, 5.41) is 5.47. The lowest BCUT2D eigenvalue weighted by atomic mass is 10.2. The van der Waals surface area contributed by atoms with Gasteiger partial charge in [-0.15, -0.1) is 0 Å².